The van der Waals surface area contributed by atoms with Crippen LogP contribution in [0.25, 0.3) is 0 Å². The van der Waals surface area contributed by atoms with Crippen molar-refractivity contribution in [2.24, 2.45) is 10.9 Å². The summed E-state index contributed by atoms with van der Waals surface area (Å²) in [6.07, 6.45) is 0. The van der Waals surface area contributed by atoms with Crippen molar-refractivity contribution < 1.29 is 15.1 Å². The highest BCUT2D eigenvalue weighted by Crippen LogP contribution is 2.18. The number of anilines is 1. The number of amidine groups is 1. The predicted molar refractivity (Wildman–Crippen MR) is 79.8 cm³/mol. The second-order valence-corrected chi connectivity index (χ2v) is 4.45. The maximum Gasteiger partial charge on any atom is 0.258 e. The number of amides is 1. The Morgan fingerprint density at radius 3 is 2.43 bits per heavy atom. The number of aromatic hydroxyl groups is 1. The molecule has 0 fully saturated rings. The van der Waals surface area contributed by atoms with Gasteiger partial charge in [-0.15, -0.1) is 0 Å². The topological polar surface area (TPSA) is 99.2 Å². The summed E-state index contributed by atoms with van der Waals surface area (Å²) < 4.78 is 0. The lowest BCUT2D eigenvalue weighted by Gasteiger charge is -2.18. The molecule has 2 aromatic rings. The summed E-state index contributed by atoms with van der Waals surface area (Å²) in [6.45, 7) is 0. The summed E-state index contributed by atoms with van der Waals surface area (Å²) >= 11 is 0. The van der Waals surface area contributed by atoms with Crippen molar-refractivity contribution in [2.45, 2.75) is 0 Å². The van der Waals surface area contributed by atoms with Crippen molar-refractivity contribution in [1.29, 1.82) is 0 Å². The van der Waals surface area contributed by atoms with Crippen LogP contribution in [-0.4, -0.2) is 29.1 Å². The number of hydrogen-bond donors (Lipinski definition) is 3. The van der Waals surface area contributed by atoms with Crippen LogP contribution in [0.2, 0.25) is 0 Å². The Kier molecular flexibility index (Phi) is 4.08. The van der Waals surface area contributed by atoms with Crippen molar-refractivity contribution in [1.82, 2.24) is 0 Å². The summed E-state index contributed by atoms with van der Waals surface area (Å²) in [5.74, 6) is -0.155. The zero-order valence-corrected chi connectivity index (χ0v) is 11.4. The molecule has 108 valence electrons. The maximum absolute atomic E-state index is 12.3. The summed E-state index contributed by atoms with van der Waals surface area (Å²) in [4.78, 5) is 13.8. The molecule has 0 saturated carbocycles. The Morgan fingerprint density at radius 1 is 1.14 bits per heavy atom. The number of benzene rings is 2. The van der Waals surface area contributed by atoms with Gasteiger partial charge < -0.3 is 20.9 Å². The SMILES string of the molecule is CN(C(=O)c1ccc(O)cc1)c1cccc(C(N)=NO)c1. The van der Waals surface area contributed by atoms with E-state index in [1.165, 1.54) is 17.0 Å². The van der Waals surface area contributed by atoms with Gasteiger partial charge in [-0.2, -0.15) is 0 Å². The van der Waals surface area contributed by atoms with E-state index in [1.807, 2.05) is 0 Å². The molecule has 0 aliphatic rings. The number of carbonyl (C=O) groups is 1. The molecule has 0 heterocycles. The van der Waals surface area contributed by atoms with E-state index in [4.69, 9.17) is 10.9 Å². The standard InChI is InChI=1S/C15H15N3O3/c1-18(15(20)10-5-7-13(19)8-6-10)12-4-2-3-11(9-12)14(16)17-21/h2-9,19,21H,1H3,(H2,16,17). The minimum Gasteiger partial charge on any atom is -0.508 e. The number of rotatable bonds is 3. The number of nitrogens with zero attached hydrogens (tertiary/aromatic N) is 2. The first-order valence-electron chi connectivity index (χ1n) is 6.18. The Bertz CT molecular complexity index is 681. The largest absolute Gasteiger partial charge is 0.508 e. The van der Waals surface area contributed by atoms with E-state index in [-0.39, 0.29) is 17.5 Å². The number of phenols is 1. The smallest absolute Gasteiger partial charge is 0.258 e. The Hall–Kier alpha value is -3.02. The normalized spacial score (nSPS) is 11.2. The lowest BCUT2D eigenvalue weighted by Crippen LogP contribution is -2.26. The molecule has 6 heteroatoms. The van der Waals surface area contributed by atoms with Gasteiger partial charge in [0.25, 0.3) is 5.91 Å². The molecule has 0 atom stereocenters. The minimum absolute atomic E-state index is 0.0256. The van der Waals surface area contributed by atoms with Gasteiger partial charge in [-0.25, -0.2) is 0 Å². The van der Waals surface area contributed by atoms with Gasteiger partial charge in [0, 0.05) is 23.9 Å². The van der Waals surface area contributed by atoms with E-state index < -0.39 is 0 Å². The molecule has 4 N–H and O–H groups in total. The van der Waals surface area contributed by atoms with Crippen LogP contribution >= 0.6 is 0 Å². The molecule has 0 saturated heterocycles. The molecule has 0 aliphatic heterocycles. The second kappa shape index (κ2) is 5.96. The van der Waals surface area contributed by atoms with Crippen LogP contribution in [-0.2, 0) is 0 Å². The summed E-state index contributed by atoms with van der Waals surface area (Å²) in [7, 11) is 1.63. The Morgan fingerprint density at radius 2 is 1.81 bits per heavy atom. The molecule has 0 bridgehead atoms. The van der Waals surface area contributed by atoms with Gasteiger partial charge in [0.15, 0.2) is 5.84 Å². The first-order valence-corrected chi connectivity index (χ1v) is 6.18. The van der Waals surface area contributed by atoms with Crippen molar-refractivity contribution >= 4 is 17.4 Å². The number of nitrogens with two attached hydrogens (primary N) is 1. The van der Waals surface area contributed by atoms with E-state index >= 15 is 0 Å². The molecule has 0 spiro atoms. The number of carbonyl (C=O) groups excluding carboxylic acids is 1. The van der Waals surface area contributed by atoms with Crippen molar-refractivity contribution in [3.05, 3.63) is 59.7 Å². The van der Waals surface area contributed by atoms with Gasteiger partial charge in [0.2, 0.25) is 0 Å². The van der Waals surface area contributed by atoms with E-state index in [2.05, 4.69) is 5.16 Å². The number of phenolic OH excluding ortho intramolecular Hbond substituents is 1. The summed E-state index contributed by atoms with van der Waals surface area (Å²) in [5.41, 5.74) is 7.11. The van der Waals surface area contributed by atoms with E-state index in [0.717, 1.165) is 0 Å². The molecule has 21 heavy (non-hydrogen) atoms. The first kappa shape index (κ1) is 14.4. The Labute approximate surface area is 121 Å². The van der Waals surface area contributed by atoms with E-state index in [9.17, 15) is 9.90 Å². The predicted octanol–water partition coefficient (Wildman–Crippen LogP) is 1.76. The average Bonchev–Trinajstić information content (AvgIpc) is 2.53. The van der Waals surface area contributed by atoms with Gasteiger partial charge in [-0.3, -0.25) is 4.79 Å². The van der Waals surface area contributed by atoms with Crippen LogP contribution in [0.5, 0.6) is 5.75 Å². The summed E-state index contributed by atoms with van der Waals surface area (Å²) in [5, 5.41) is 20.9. The zero-order chi connectivity index (χ0) is 15.4. The number of hydrogen-bond acceptors (Lipinski definition) is 4. The highest BCUT2D eigenvalue weighted by Gasteiger charge is 2.14. The molecule has 2 rings (SSSR count). The molecule has 2 aromatic carbocycles. The molecule has 0 aromatic heterocycles. The van der Waals surface area contributed by atoms with Crippen LogP contribution in [0.3, 0.4) is 0 Å². The fourth-order valence-corrected chi connectivity index (χ4v) is 1.85. The van der Waals surface area contributed by atoms with Crippen LogP contribution < -0.4 is 10.6 Å². The average molecular weight is 285 g/mol. The van der Waals surface area contributed by atoms with Crippen molar-refractivity contribution in [2.75, 3.05) is 11.9 Å². The fourth-order valence-electron chi connectivity index (χ4n) is 1.85. The maximum atomic E-state index is 12.3. The minimum atomic E-state index is -0.230. The van der Waals surface area contributed by atoms with Crippen LogP contribution in [0.4, 0.5) is 5.69 Å². The third-order valence-electron chi connectivity index (χ3n) is 3.06. The van der Waals surface area contributed by atoms with Crippen LogP contribution in [0, 0.1) is 0 Å². The molecule has 1 amide bonds. The molecule has 0 aliphatic carbocycles. The van der Waals surface area contributed by atoms with Gasteiger partial charge in [0.05, 0.1) is 0 Å². The van der Waals surface area contributed by atoms with Gasteiger partial charge >= 0.3 is 0 Å². The quantitative estimate of drug-likeness (QED) is 0.346. The van der Waals surface area contributed by atoms with Crippen molar-refractivity contribution in [3.63, 3.8) is 0 Å². The fraction of sp³-hybridized carbons (Fsp3) is 0.0667. The van der Waals surface area contributed by atoms with Gasteiger partial charge in [0.1, 0.15) is 5.75 Å². The van der Waals surface area contributed by atoms with Gasteiger partial charge in [-0.05, 0) is 36.4 Å². The first-order chi connectivity index (χ1) is 10.0. The lowest BCUT2D eigenvalue weighted by atomic mass is 10.1. The van der Waals surface area contributed by atoms with Crippen LogP contribution in [0.15, 0.2) is 53.7 Å². The third kappa shape index (κ3) is 3.11. The molecular formula is C15H15N3O3. The highest BCUT2D eigenvalue weighted by atomic mass is 16.4. The molecule has 0 unspecified atom stereocenters. The Balaban J connectivity index is 2.29. The second-order valence-electron chi connectivity index (χ2n) is 4.45. The molecular weight excluding hydrogens is 270 g/mol. The molecule has 6 nitrogen and oxygen atoms in total. The summed E-state index contributed by atoms with van der Waals surface area (Å²) in [6, 6.07) is 12.8. The van der Waals surface area contributed by atoms with E-state index in [0.29, 0.717) is 16.8 Å². The van der Waals surface area contributed by atoms with Crippen LogP contribution in [0.1, 0.15) is 15.9 Å². The third-order valence-corrected chi connectivity index (χ3v) is 3.06. The van der Waals surface area contributed by atoms with Crippen molar-refractivity contribution in [3.8, 4) is 5.75 Å². The number of oxime groups is 1. The lowest BCUT2D eigenvalue weighted by molar-refractivity contribution is 0.0993. The highest BCUT2D eigenvalue weighted by molar-refractivity contribution is 6.06. The zero-order valence-electron chi connectivity index (χ0n) is 11.4. The molecule has 0 radical (unpaired) electrons. The van der Waals surface area contributed by atoms with Gasteiger partial charge in [-0.1, -0.05) is 17.3 Å². The van der Waals surface area contributed by atoms with E-state index in [1.54, 1.807) is 43.4 Å². The monoisotopic (exact) mass is 285 g/mol.